The van der Waals surface area contributed by atoms with Crippen molar-refractivity contribution in [3.05, 3.63) is 16.8 Å². The van der Waals surface area contributed by atoms with Crippen LogP contribution in [-0.4, -0.2) is 4.98 Å². The van der Waals surface area contributed by atoms with Gasteiger partial charge in [0.05, 0.1) is 11.2 Å². The van der Waals surface area contributed by atoms with E-state index in [2.05, 4.69) is 4.98 Å². The number of halogens is 1. The molecule has 0 fully saturated rings. The van der Waals surface area contributed by atoms with Crippen LogP contribution in [0.1, 0.15) is 25.3 Å². The summed E-state index contributed by atoms with van der Waals surface area (Å²) in [6.45, 7) is 5.51. The number of oxazole rings is 1. The van der Waals surface area contributed by atoms with Gasteiger partial charge in [0, 0.05) is 0 Å². The summed E-state index contributed by atoms with van der Waals surface area (Å²) < 4.78 is 5.11. The Kier molecular flexibility index (Phi) is 1.94. The fourth-order valence-electron chi connectivity index (χ4n) is 0.961. The molecule has 3 nitrogen and oxygen atoms in total. The van der Waals surface area contributed by atoms with Crippen molar-refractivity contribution < 1.29 is 4.42 Å². The lowest BCUT2D eigenvalue weighted by Gasteiger charge is -2.14. The first kappa shape index (κ1) is 8.56. The minimum atomic E-state index is -0.510. The van der Waals surface area contributed by atoms with Gasteiger partial charge in [0.15, 0.2) is 0 Å². The normalized spacial score (nSPS) is 12.1. The number of nitrogens with zero attached hydrogens (tertiary/aromatic N) is 1. The van der Waals surface area contributed by atoms with Crippen molar-refractivity contribution in [2.24, 2.45) is 5.73 Å². The molecule has 0 saturated carbocycles. The number of hydrogen-bond donors (Lipinski definition) is 1. The molecule has 0 atom stereocenters. The highest BCUT2D eigenvalue weighted by molar-refractivity contribution is 6.27. The van der Waals surface area contributed by atoms with Gasteiger partial charge in [0.1, 0.15) is 5.76 Å². The maximum atomic E-state index is 5.78. The Balaban J connectivity index is 3.13. The molecule has 0 amide bonds. The number of aromatic nitrogens is 1. The van der Waals surface area contributed by atoms with Crippen molar-refractivity contribution in [2.75, 3.05) is 0 Å². The van der Waals surface area contributed by atoms with Crippen LogP contribution in [0.4, 0.5) is 0 Å². The summed E-state index contributed by atoms with van der Waals surface area (Å²) in [5.74, 6) is 0.641. The van der Waals surface area contributed by atoms with E-state index in [4.69, 9.17) is 21.8 Å². The van der Waals surface area contributed by atoms with E-state index in [1.54, 1.807) is 0 Å². The summed E-state index contributed by atoms with van der Waals surface area (Å²) in [6, 6.07) is 0. The van der Waals surface area contributed by atoms with Gasteiger partial charge in [-0.2, -0.15) is 0 Å². The number of hydrogen-bond acceptors (Lipinski definition) is 3. The van der Waals surface area contributed by atoms with Crippen molar-refractivity contribution in [3.8, 4) is 0 Å². The molecule has 0 radical (unpaired) electrons. The monoisotopic (exact) mass is 174 g/mol. The van der Waals surface area contributed by atoms with Crippen LogP contribution in [0.15, 0.2) is 4.42 Å². The van der Waals surface area contributed by atoms with Crippen LogP contribution in [0.3, 0.4) is 0 Å². The van der Waals surface area contributed by atoms with Gasteiger partial charge in [-0.3, -0.25) is 0 Å². The molecule has 2 N–H and O–H groups in total. The topological polar surface area (TPSA) is 52.0 Å². The molecule has 0 aromatic carbocycles. The van der Waals surface area contributed by atoms with Crippen molar-refractivity contribution in [1.82, 2.24) is 4.98 Å². The van der Waals surface area contributed by atoms with Crippen LogP contribution >= 0.6 is 11.6 Å². The molecule has 0 saturated heterocycles. The molecule has 4 heteroatoms. The third-order valence-corrected chi connectivity index (χ3v) is 1.52. The maximum absolute atomic E-state index is 5.78. The maximum Gasteiger partial charge on any atom is 0.292 e. The van der Waals surface area contributed by atoms with E-state index in [1.807, 2.05) is 20.8 Å². The Morgan fingerprint density at radius 3 is 2.27 bits per heavy atom. The molecule has 0 spiro atoms. The zero-order valence-corrected chi connectivity index (χ0v) is 7.57. The largest absolute Gasteiger partial charge is 0.431 e. The SMILES string of the molecule is Cc1nc(Cl)oc1C(C)(C)N. The summed E-state index contributed by atoms with van der Waals surface area (Å²) >= 11 is 5.54. The third kappa shape index (κ3) is 1.73. The zero-order valence-electron chi connectivity index (χ0n) is 6.81. The van der Waals surface area contributed by atoms with Gasteiger partial charge in [-0.15, -0.1) is 0 Å². The summed E-state index contributed by atoms with van der Waals surface area (Å²) in [5.41, 5.74) is 6.02. The molecule has 1 rings (SSSR count). The molecular weight excluding hydrogens is 164 g/mol. The van der Waals surface area contributed by atoms with E-state index in [0.29, 0.717) is 5.76 Å². The summed E-state index contributed by atoms with van der Waals surface area (Å²) in [6.07, 6.45) is 0. The highest BCUT2D eigenvalue weighted by atomic mass is 35.5. The highest BCUT2D eigenvalue weighted by Crippen LogP contribution is 2.23. The van der Waals surface area contributed by atoms with Gasteiger partial charge >= 0.3 is 0 Å². The Bertz CT molecular complexity index is 262. The van der Waals surface area contributed by atoms with E-state index in [1.165, 1.54) is 0 Å². The van der Waals surface area contributed by atoms with Crippen LogP contribution < -0.4 is 5.73 Å². The van der Waals surface area contributed by atoms with Gasteiger partial charge in [-0.25, -0.2) is 4.98 Å². The van der Waals surface area contributed by atoms with Gasteiger partial charge < -0.3 is 10.2 Å². The average molecular weight is 175 g/mol. The fraction of sp³-hybridized carbons (Fsp3) is 0.571. The minimum Gasteiger partial charge on any atom is -0.431 e. The number of aryl methyl sites for hydroxylation is 1. The van der Waals surface area contributed by atoms with E-state index in [-0.39, 0.29) is 5.35 Å². The van der Waals surface area contributed by atoms with Crippen molar-refractivity contribution >= 4 is 11.6 Å². The Labute approximate surface area is 70.5 Å². The van der Waals surface area contributed by atoms with Crippen molar-refractivity contribution in [2.45, 2.75) is 26.3 Å². The fourth-order valence-corrected chi connectivity index (χ4v) is 1.17. The lowest BCUT2D eigenvalue weighted by molar-refractivity contribution is 0.392. The van der Waals surface area contributed by atoms with Crippen molar-refractivity contribution in [3.63, 3.8) is 0 Å². The van der Waals surface area contributed by atoms with Crippen LogP contribution in [0.2, 0.25) is 5.35 Å². The highest BCUT2D eigenvalue weighted by Gasteiger charge is 2.22. The van der Waals surface area contributed by atoms with E-state index in [9.17, 15) is 0 Å². The summed E-state index contributed by atoms with van der Waals surface area (Å²) in [7, 11) is 0. The molecule has 1 aromatic rings. The van der Waals surface area contributed by atoms with E-state index in [0.717, 1.165) is 5.69 Å². The van der Waals surface area contributed by atoms with Gasteiger partial charge in [0.2, 0.25) is 0 Å². The average Bonchev–Trinajstić information content (AvgIpc) is 2.08. The minimum absolute atomic E-state index is 0.149. The van der Waals surface area contributed by atoms with Gasteiger partial charge in [-0.05, 0) is 32.4 Å². The van der Waals surface area contributed by atoms with Crippen LogP contribution in [0.5, 0.6) is 0 Å². The van der Waals surface area contributed by atoms with Crippen LogP contribution in [-0.2, 0) is 5.54 Å². The Hall–Kier alpha value is -0.540. The first-order valence-electron chi connectivity index (χ1n) is 3.33. The number of rotatable bonds is 1. The van der Waals surface area contributed by atoms with Gasteiger partial charge in [0.25, 0.3) is 5.35 Å². The smallest absolute Gasteiger partial charge is 0.292 e. The molecule has 0 unspecified atom stereocenters. The summed E-state index contributed by atoms with van der Waals surface area (Å²) in [5, 5.41) is 0.149. The predicted octanol–water partition coefficient (Wildman–Crippen LogP) is 1.83. The quantitative estimate of drug-likeness (QED) is 0.707. The molecule has 0 bridgehead atoms. The molecule has 62 valence electrons. The molecule has 1 aromatic heterocycles. The Morgan fingerprint density at radius 1 is 1.55 bits per heavy atom. The van der Waals surface area contributed by atoms with Crippen molar-refractivity contribution in [1.29, 1.82) is 0 Å². The second kappa shape index (κ2) is 2.50. The molecule has 1 heterocycles. The first-order valence-corrected chi connectivity index (χ1v) is 3.71. The Morgan fingerprint density at radius 2 is 2.09 bits per heavy atom. The molecule has 0 aliphatic heterocycles. The lowest BCUT2D eigenvalue weighted by Crippen LogP contribution is -2.28. The lowest BCUT2D eigenvalue weighted by atomic mass is 10.0. The van der Waals surface area contributed by atoms with Crippen LogP contribution in [0.25, 0.3) is 0 Å². The third-order valence-electron chi connectivity index (χ3n) is 1.36. The number of nitrogens with two attached hydrogens (primary N) is 1. The van der Waals surface area contributed by atoms with Gasteiger partial charge in [-0.1, -0.05) is 0 Å². The molecule has 11 heavy (non-hydrogen) atoms. The first-order chi connectivity index (χ1) is 4.91. The molecule has 0 aliphatic carbocycles. The van der Waals surface area contributed by atoms with Crippen LogP contribution in [0, 0.1) is 6.92 Å². The van der Waals surface area contributed by atoms with E-state index < -0.39 is 5.54 Å². The summed E-state index contributed by atoms with van der Waals surface area (Å²) in [4.78, 5) is 3.90. The zero-order chi connectivity index (χ0) is 8.65. The standard InChI is InChI=1S/C7H11ClN2O/c1-4-5(7(2,3)9)11-6(8)10-4/h9H2,1-3H3. The predicted molar refractivity (Wildman–Crippen MR) is 43.5 cm³/mol. The second-order valence-corrected chi connectivity index (χ2v) is 3.43. The van der Waals surface area contributed by atoms with E-state index >= 15 is 0 Å². The second-order valence-electron chi connectivity index (χ2n) is 3.10. The molecule has 0 aliphatic rings. The molecular formula is C7H11ClN2O.